The summed E-state index contributed by atoms with van der Waals surface area (Å²) in [6.07, 6.45) is 7.42. The fraction of sp³-hybridized carbons (Fsp3) is 0.333. The molecule has 1 aromatic carbocycles. The van der Waals surface area contributed by atoms with Crippen molar-refractivity contribution in [1.29, 1.82) is 0 Å². The third-order valence-electron chi connectivity index (χ3n) is 5.60. The van der Waals surface area contributed by atoms with Crippen LogP contribution in [-0.2, 0) is 10.0 Å². The highest BCUT2D eigenvalue weighted by molar-refractivity contribution is 7.88. The van der Waals surface area contributed by atoms with E-state index in [9.17, 15) is 8.42 Å². The van der Waals surface area contributed by atoms with Crippen LogP contribution in [0, 0.1) is 6.92 Å². The summed E-state index contributed by atoms with van der Waals surface area (Å²) in [5, 5.41) is 19.0. The largest absolute Gasteiger partial charge is 0.404 e. The van der Waals surface area contributed by atoms with Gasteiger partial charge in [-0.2, -0.15) is 9.78 Å². The smallest absolute Gasteiger partial charge is 0.211 e. The molecule has 1 fully saturated rings. The fourth-order valence-electron chi connectivity index (χ4n) is 3.94. The number of sulfonamides is 1. The van der Waals surface area contributed by atoms with Crippen LogP contribution in [0.5, 0.6) is 0 Å². The average molecular weight is 470 g/mol. The van der Waals surface area contributed by atoms with Gasteiger partial charge in [-0.1, -0.05) is 23.9 Å². The molecule has 0 radical (unpaired) electrons. The van der Waals surface area contributed by atoms with Gasteiger partial charge in [-0.15, -0.1) is 5.10 Å². The molecule has 3 heterocycles. The summed E-state index contributed by atoms with van der Waals surface area (Å²) in [5.74, 6) is 0.888. The monoisotopic (exact) mass is 469 g/mol. The summed E-state index contributed by atoms with van der Waals surface area (Å²) < 4.78 is 26.5. The number of aromatic amines is 1. The van der Waals surface area contributed by atoms with Crippen molar-refractivity contribution in [3.05, 3.63) is 54.8 Å². The molecule has 2 aromatic heterocycles. The average Bonchev–Trinajstić information content (AvgIpc) is 3.39. The summed E-state index contributed by atoms with van der Waals surface area (Å²) in [6.45, 7) is 6.88. The predicted molar refractivity (Wildman–Crippen MR) is 128 cm³/mol. The van der Waals surface area contributed by atoms with Crippen LogP contribution < -0.4 is 11.1 Å². The molecule has 4 N–H and O–H groups in total. The van der Waals surface area contributed by atoms with Crippen LogP contribution in [0.2, 0.25) is 0 Å². The number of piperidine rings is 1. The van der Waals surface area contributed by atoms with E-state index in [-0.39, 0.29) is 6.04 Å². The van der Waals surface area contributed by atoms with E-state index < -0.39 is 10.0 Å². The van der Waals surface area contributed by atoms with E-state index in [1.54, 1.807) is 10.8 Å². The Bertz CT molecular complexity index is 1330. The van der Waals surface area contributed by atoms with Gasteiger partial charge < -0.3 is 11.1 Å². The third kappa shape index (κ3) is 4.81. The first kappa shape index (κ1) is 22.7. The molecule has 11 nitrogen and oxygen atoms in total. The number of nitrogens with two attached hydrogens (primary N) is 1. The lowest BCUT2D eigenvalue weighted by Crippen LogP contribution is -2.44. The van der Waals surface area contributed by atoms with Gasteiger partial charge in [0.05, 0.1) is 17.5 Å². The van der Waals surface area contributed by atoms with Crippen molar-refractivity contribution in [2.45, 2.75) is 25.8 Å². The van der Waals surface area contributed by atoms with Crippen LogP contribution in [0.3, 0.4) is 0 Å². The number of benzene rings is 1. The van der Waals surface area contributed by atoms with Crippen LogP contribution in [0.1, 0.15) is 18.5 Å². The minimum atomic E-state index is -3.17. The zero-order chi connectivity index (χ0) is 23.6. The van der Waals surface area contributed by atoms with Crippen LogP contribution in [-0.4, -0.2) is 69.1 Å². The Hall–Kier alpha value is -3.51. The second kappa shape index (κ2) is 9.16. The van der Waals surface area contributed by atoms with Crippen molar-refractivity contribution in [1.82, 2.24) is 34.8 Å². The van der Waals surface area contributed by atoms with E-state index in [1.165, 1.54) is 16.8 Å². The lowest BCUT2D eigenvalue weighted by atomic mass is 10.1. The van der Waals surface area contributed by atoms with Gasteiger partial charge in [0.2, 0.25) is 10.0 Å². The van der Waals surface area contributed by atoms with Gasteiger partial charge >= 0.3 is 0 Å². The van der Waals surface area contributed by atoms with E-state index >= 15 is 0 Å². The standard InChI is InChI=1S/C21H27N9O2S/c1-14-18(13-23-26-14)17-5-4-6-19-21(17)27-28-30(19)20(7-10-22)25-15(2)24-16-8-11-29(12-9-16)33(3,31)32/h4-7,10,13,16,24H,2,8-9,11-12,22H2,1,3H3,(H,23,26)/b10-7-,25-20+. The van der Waals surface area contributed by atoms with Gasteiger partial charge in [-0.25, -0.2) is 17.7 Å². The zero-order valence-electron chi connectivity index (χ0n) is 18.6. The maximum Gasteiger partial charge on any atom is 0.211 e. The first-order valence-corrected chi connectivity index (χ1v) is 12.4. The number of nitrogens with zero attached hydrogens (tertiary/aromatic N) is 6. The van der Waals surface area contributed by atoms with Crippen molar-refractivity contribution in [2.24, 2.45) is 10.7 Å². The Morgan fingerprint density at radius 3 is 2.73 bits per heavy atom. The van der Waals surface area contributed by atoms with Gasteiger partial charge in [0.15, 0.2) is 5.84 Å². The van der Waals surface area contributed by atoms with Crippen LogP contribution in [0.25, 0.3) is 22.2 Å². The van der Waals surface area contributed by atoms with Gasteiger partial charge in [0.1, 0.15) is 11.3 Å². The molecule has 0 bridgehead atoms. The molecule has 0 spiro atoms. The normalized spacial score (nSPS) is 16.6. The number of aryl methyl sites for hydroxylation is 1. The molecule has 1 aliphatic rings. The second-order valence-electron chi connectivity index (χ2n) is 7.92. The van der Waals surface area contributed by atoms with E-state index in [4.69, 9.17) is 5.73 Å². The van der Waals surface area contributed by atoms with Gasteiger partial charge in [-0.05, 0) is 38.1 Å². The number of H-pyrrole nitrogens is 1. The molecular weight excluding hydrogens is 442 g/mol. The van der Waals surface area contributed by atoms with Gasteiger partial charge in [-0.3, -0.25) is 5.10 Å². The van der Waals surface area contributed by atoms with Crippen molar-refractivity contribution in [2.75, 3.05) is 19.3 Å². The van der Waals surface area contributed by atoms with Crippen molar-refractivity contribution < 1.29 is 8.42 Å². The number of nitrogens with one attached hydrogen (secondary N) is 2. The Labute approximate surface area is 192 Å². The Morgan fingerprint density at radius 1 is 1.33 bits per heavy atom. The summed E-state index contributed by atoms with van der Waals surface area (Å²) in [7, 11) is -3.17. The Kier molecular flexibility index (Phi) is 6.29. The molecule has 1 saturated heterocycles. The molecule has 0 amide bonds. The summed E-state index contributed by atoms with van der Waals surface area (Å²) >= 11 is 0. The van der Waals surface area contributed by atoms with Crippen LogP contribution in [0.4, 0.5) is 0 Å². The lowest BCUT2D eigenvalue weighted by molar-refractivity contribution is 0.301. The van der Waals surface area contributed by atoms with Crippen molar-refractivity contribution >= 4 is 26.9 Å². The maximum atomic E-state index is 11.7. The molecule has 174 valence electrons. The Balaban J connectivity index is 1.58. The van der Waals surface area contributed by atoms with E-state index in [0.29, 0.717) is 43.1 Å². The molecule has 0 unspecified atom stereocenters. The van der Waals surface area contributed by atoms with E-state index in [2.05, 4.69) is 37.4 Å². The van der Waals surface area contributed by atoms with E-state index in [1.807, 2.05) is 31.3 Å². The zero-order valence-corrected chi connectivity index (χ0v) is 19.4. The minimum Gasteiger partial charge on any atom is -0.404 e. The fourth-order valence-corrected chi connectivity index (χ4v) is 4.82. The SMILES string of the molecule is C=C(/N=C(\C=C/N)n1nnc2c(-c3c[nH]nc3C)cccc21)NC1CCN(S(C)(=O)=O)CC1. The highest BCUT2D eigenvalue weighted by Crippen LogP contribution is 2.28. The Morgan fingerprint density at radius 2 is 2.09 bits per heavy atom. The van der Waals surface area contributed by atoms with Crippen molar-refractivity contribution in [3.63, 3.8) is 0 Å². The molecular formula is C21H27N9O2S. The predicted octanol–water partition coefficient (Wildman–Crippen LogP) is 1.33. The number of fused-ring (bicyclic) bond motifs is 1. The molecule has 3 aromatic rings. The number of hydrogen-bond acceptors (Lipinski definition) is 8. The summed E-state index contributed by atoms with van der Waals surface area (Å²) in [6, 6.07) is 5.88. The third-order valence-corrected chi connectivity index (χ3v) is 6.91. The number of aromatic nitrogens is 5. The second-order valence-corrected chi connectivity index (χ2v) is 9.90. The van der Waals surface area contributed by atoms with Crippen molar-refractivity contribution in [3.8, 4) is 11.1 Å². The number of allylic oxidation sites excluding steroid dienone is 1. The van der Waals surface area contributed by atoms with Gasteiger partial charge in [0.25, 0.3) is 0 Å². The molecule has 12 heteroatoms. The number of aliphatic imine (C=N–C) groups is 1. The number of rotatable bonds is 6. The van der Waals surface area contributed by atoms with E-state index in [0.717, 1.165) is 22.3 Å². The quantitative estimate of drug-likeness (QED) is 0.364. The molecule has 4 rings (SSSR count). The first-order valence-electron chi connectivity index (χ1n) is 10.5. The topological polar surface area (TPSA) is 147 Å². The minimum absolute atomic E-state index is 0.0746. The number of hydrogen-bond donors (Lipinski definition) is 3. The molecule has 0 saturated carbocycles. The summed E-state index contributed by atoms with van der Waals surface area (Å²) in [5.41, 5.74) is 9.88. The molecule has 0 aliphatic carbocycles. The molecule has 0 atom stereocenters. The summed E-state index contributed by atoms with van der Waals surface area (Å²) in [4.78, 5) is 4.59. The highest BCUT2D eigenvalue weighted by atomic mass is 32.2. The first-order chi connectivity index (χ1) is 15.8. The molecule has 1 aliphatic heterocycles. The van der Waals surface area contributed by atoms with Crippen LogP contribution >= 0.6 is 0 Å². The highest BCUT2D eigenvalue weighted by Gasteiger charge is 2.25. The van der Waals surface area contributed by atoms with Gasteiger partial charge in [0, 0.05) is 36.5 Å². The lowest BCUT2D eigenvalue weighted by Gasteiger charge is -2.31. The van der Waals surface area contributed by atoms with Crippen LogP contribution in [0.15, 0.2) is 54.1 Å². The maximum absolute atomic E-state index is 11.7. The molecule has 33 heavy (non-hydrogen) atoms.